The molecule has 0 radical (unpaired) electrons. The Labute approximate surface area is 168 Å². The monoisotopic (exact) mass is 397 g/mol. The molecule has 0 atom stereocenters. The van der Waals surface area contributed by atoms with Crippen molar-refractivity contribution in [2.24, 2.45) is 0 Å². The van der Waals surface area contributed by atoms with Crippen molar-refractivity contribution in [3.8, 4) is 11.6 Å². The number of halogens is 1. The number of ether oxygens (including phenoxy) is 2. The predicted octanol–water partition coefficient (Wildman–Crippen LogP) is 4.08. The van der Waals surface area contributed by atoms with Gasteiger partial charge in [-0.15, -0.1) is 0 Å². The summed E-state index contributed by atoms with van der Waals surface area (Å²) >= 11 is 6.17. The summed E-state index contributed by atoms with van der Waals surface area (Å²) in [6.07, 6.45) is 1.49. The molecule has 1 fully saturated rings. The van der Waals surface area contributed by atoms with Gasteiger partial charge in [0.25, 0.3) is 0 Å². The van der Waals surface area contributed by atoms with Crippen molar-refractivity contribution < 1.29 is 9.47 Å². The van der Waals surface area contributed by atoms with Crippen molar-refractivity contribution in [3.63, 3.8) is 0 Å². The average Bonchev–Trinajstić information content (AvgIpc) is 2.73. The molecule has 1 aromatic heterocycles. The second-order valence-corrected chi connectivity index (χ2v) is 6.67. The van der Waals surface area contributed by atoms with E-state index in [1.807, 2.05) is 24.3 Å². The number of nitrogens with zero attached hydrogens (tertiary/aromatic N) is 3. The normalized spacial score (nSPS) is 14.0. The van der Waals surface area contributed by atoms with Crippen LogP contribution in [0.5, 0.6) is 11.6 Å². The van der Waals surface area contributed by atoms with Crippen molar-refractivity contribution in [3.05, 3.63) is 59.8 Å². The van der Waals surface area contributed by atoms with E-state index in [2.05, 4.69) is 32.3 Å². The van der Waals surface area contributed by atoms with Crippen molar-refractivity contribution in [1.29, 1.82) is 0 Å². The minimum absolute atomic E-state index is 0.238. The summed E-state index contributed by atoms with van der Waals surface area (Å²) in [5, 5.41) is 3.47. The van der Waals surface area contributed by atoms with Crippen LogP contribution in [-0.4, -0.2) is 36.3 Å². The smallest absolute Gasteiger partial charge is 0.243 e. The Hall–Kier alpha value is -3.03. The van der Waals surface area contributed by atoms with Gasteiger partial charge in [-0.3, -0.25) is 0 Å². The van der Waals surface area contributed by atoms with Gasteiger partial charge in [0.1, 0.15) is 5.02 Å². The summed E-state index contributed by atoms with van der Waals surface area (Å²) in [5.74, 6) is 1.11. The summed E-state index contributed by atoms with van der Waals surface area (Å²) in [6.45, 7) is 3.31. The van der Waals surface area contributed by atoms with Crippen LogP contribution in [0.1, 0.15) is 0 Å². The number of hydrogen-bond acceptors (Lipinski definition) is 7. The highest BCUT2D eigenvalue weighted by molar-refractivity contribution is 6.31. The maximum Gasteiger partial charge on any atom is 0.243 e. The van der Waals surface area contributed by atoms with Crippen LogP contribution in [0.15, 0.2) is 54.7 Å². The topological polar surface area (TPSA) is 85.5 Å². The van der Waals surface area contributed by atoms with Crippen LogP contribution >= 0.6 is 11.6 Å². The van der Waals surface area contributed by atoms with E-state index < -0.39 is 0 Å². The molecular formula is C20H20ClN5O2. The van der Waals surface area contributed by atoms with E-state index in [4.69, 9.17) is 26.8 Å². The van der Waals surface area contributed by atoms with E-state index in [-0.39, 0.29) is 5.88 Å². The fourth-order valence-corrected chi connectivity index (χ4v) is 3.00. The highest BCUT2D eigenvalue weighted by Gasteiger charge is 2.12. The zero-order valence-corrected chi connectivity index (χ0v) is 15.9. The molecule has 28 heavy (non-hydrogen) atoms. The number of hydrogen-bond donors (Lipinski definition) is 2. The van der Waals surface area contributed by atoms with Gasteiger partial charge in [0.2, 0.25) is 11.8 Å². The van der Waals surface area contributed by atoms with Crippen molar-refractivity contribution >= 4 is 34.6 Å². The van der Waals surface area contributed by atoms with Crippen LogP contribution in [0.2, 0.25) is 5.02 Å². The third kappa shape index (κ3) is 4.27. The molecule has 3 N–H and O–H groups in total. The van der Waals surface area contributed by atoms with Crippen molar-refractivity contribution in [2.45, 2.75) is 0 Å². The molecule has 0 aliphatic carbocycles. The first-order valence-corrected chi connectivity index (χ1v) is 9.31. The van der Waals surface area contributed by atoms with Crippen LogP contribution in [-0.2, 0) is 4.74 Å². The van der Waals surface area contributed by atoms with Crippen LogP contribution in [0.25, 0.3) is 0 Å². The lowest BCUT2D eigenvalue weighted by Gasteiger charge is -2.28. The molecule has 4 rings (SSSR count). The van der Waals surface area contributed by atoms with E-state index in [0.717, 1.165) is 37.7 Å². The zero-order valence-electron chi connectivity index (χ0n) is 15.1. The lowest BCUT2D eigenvalue weighted by atomic mass is 10.2. The number of nitrogens with one attached hydrogen (secondary N) is 1. The van der Waals surface area contributed by atoms with Crippen LogP contribution in [0.3, 0.4) is 0 Å². The van der Waals surface area contributed by atoms with Gasteiger partial charge >= 0.3 is 0 Å². The van der Waals surface area contributed by atoms with Gasteiger partial charge in [-0.05, 0) is 36.4 Å². The van der Waals surface area contributed by atoms with Gasteiger partial charge in [-0.25, -0.2) is 4.98 Å². The zero-order chi connectivity index (χ0) is 19.3. The van der Waals surface area contributed by atoms with E-state index in [1.165, 1.54) is 6.20 Å². The lowest BCUT2D eigenvalue weighted by Crippen LogP contribution is -2.36. The highest BCUT2D eigenvalue weighted by atomic mass is 35.5. The van der Waals surface area contributed by atoms with Gasteiger partial charge in [0.05, 0.1) is 25.1 Å². The largest absolute Gasteiger partial charge is 0.435 e. The fraction of sp³-hybridized carbons (Fsp3) is 0.200. The number of rotatable bonds is 5. The van der Waals surface area contributed by atoms with Gasteiger partial charge in [0.15, 0.2) is 5.75 Å². The van der Waals surface area contributed by atoms with Crippen LogP contribution in [0, 0.1) is 0 Å². The fourth-order valence-electron chi connectivity index (χ4n) is 2.87. The molecule has 0 saturated carbocycles. The molecule has 0 spiro atoms. The maximum absolute atomic E-state index is 6.17. The average molecular weight is 398 g/mol. The molecule has 144 valence electrons. The Morgan fingerprint density at radius 3 is 2.57 bits per heavy atom. The van der Waals surface area contributed by atoms with E-state index in [1.54, 1.807) is 12.1 Å². The molecule has 1 aliphatic heterocycles. The number of morpholine rings is 1. The number of benzene rings is 2. The first kappa shape index (κ1) is 18.3. The quantitative estimate of drug-likeness (QED) is 0.627. The number of para-hydroxylation sites is 2. The Morgan fingerprint density at radius 2 is 1.82 bits per heavy atom. The van der Waals surface area contributed by atoms with E-state index >= 15 is 0 Å². The second-order valence-electron chi connectivity index (χ2n) is 6.26. The molecule has 0 unspecified atom stereocenters. The molecule has 1 saturated heterocycles. The lowest BCUT2D eigenvalue weighted by molar-refractivity contribution is 0.122. The highest BCUT2D eigenvalue weighted by Crippen LogP contribution is 2.31. The Kier molecular flexibility index (Phi) is 5.45. The van der Waals surface area contributed by atoms with Gasteiger partial charge in [-0.1, -0.05) is 23.7 Å². The number of aromatic nitrogens is 2. The molecule has 0 amide bonds. The number of nitrogen functional groups attached to an aromatic ring is 1. The Balaban J connectivity index is 1.48. The summed E-state index contributed by atoms with van der Waals surface area (Å²) in [5.41, 5.74) is 8.45. The van der Waals surface area contributed by atoms with E-state index in [9.17, 15) is 0 Å². The minimum Gasteiger partial charge on any atom is -0.435 e. The second kappa shape index (κ2) is 8.33. The molecular weight excluding hydrogens is 378 g/mol. The Bertz CT molecular complexity index is 946. The third-order valence-electron chi connectivity index (χ3n) is 4.34. The summed E-state index contributed by atoms with van der Waals surface area (Å²) < 4.78 is 11.1. The van der Waals surface area contributed by atoms with Gasteiger partial charge < -0.3 is 25.4 Å². The first-order valence-electron chi connectivity index (χ1n) is 8.94. The molecule has 7 nitrogen and oxygen atoms in total. The summed E-state index contributed by atoms with van der Waals surface area (Å²) in [4.78, 5) is 10.9. The van der Waals surface area contributed by atoms with Gasteiger partial charge in [-0.2, -0.15) is 4.98 Å². The number of nitrogens with two attached hydrogens (primary N) is 1. The predicted molar refractivity (Wildman–Crippen MR) is 111 cm³/mol. The molecule has 3 aromatic rings. The maximum atomic E-state index is 6.17. The van der Waals surface area contributed by atoms with Crippen LogP contribution in [0.4, 0.5) is 23.0 Å². The van der Waals surface area contributed by atoms with Gasteiger partial charge in [0, 0.05) is 24.5 Å². The standard InChI is InChI=1S/C20H20ClN5O2/c21-16-13-23-20(25-19(16)28-18-4-2-1-3-17(18)22)24-14-5-7-15(8-6-14)26-9-11-27-12-10-26/h1-8,13H,9-12,22H2,(H,23,24,25). The summed E-state index contributed by atoms with van der Waals surface area (Å²) in [6, 6.07) is 15.3. The van der Waals surface area contributed by atoms with E-state index in [0.29, 0.717) is 22.4 Å². The third-order valence-corrected chi connectivity index (χ3v) is 4.60. The van der Waals surface area contributed by atoms with Crippen LogP contribution < -0.4 is 20.7 Å². The SMILES string of the molecule is Nc1ccccc1Oc1nc(Nc2ccc(N3CCOCC3)cc2)ncc1Cl. The van der Waals surface area contributed by atoms with Crippen molar-refractivity contribution in [1.82, 2.24) is 9.97 Å². The number of anilines is 4. The van der Waals surface area contributed by atoms with Crippen molar-refractivity contribution in [2.75, 3.05) is 42.3 Å². The first-order chi connectivity index (χ1) is 13.7. The Morgan fingerprint density at radius 1 is 1.07 bits per heavy atom. The minimum atomic E-state index is 0.238. The molecule has 8 heteroatoms. The summed E-state index contributed by atoms with van der Waals surface area (Å²) in [7, 11) is 0. The molecule has 1 aliphatic rings. The molecule has 2 heterocycles. The molecule has 2 aromatic carbocycles. The molecule has 0 bridgehead atoms.